The molecule has 10 heteroatoms. The first kappa shape index (κ1) is 30.2. The molecule has 4 saturated carbocycles. The van der Waals surface area contributed by atoms with Crippen molar-refractivity contribution in [3.63, 3.8) is 0 Å². The summed E-state index contributed by atoms with van der Waals surface area (Å²) in [5.74, 6) is -1.63. The molecule has 5 fully saturated rings. The van der Waals surface area contributed by atoms with Crippen LogP contribution in [-0.4, -0.2) is 60.9 Å². The Morgan fingerprint density at radius 1 is 0.977 bits per heavy atom. The summed E-state index contributed by atoms with van der Waals surface area (Å²) in [6.07, 6.45) is 8.09. The van der Waals surface area contributed by atoms with E-state index in [9.17, 15) is 19.5 Å². The molecule has 2 bridgehead atoms. The number of halogens is 1. The van der Waals surface area contributed by atoms with E-state index in [0.717, 1.165) is 32.1 Å². The molecule has 0 unspecified atom stereocenters. The van der Waals surface area contributed by atoms with Gasteiger partial charge >= 0.3 is 5.97 Å². The summed E-state index contributed by atoms with van der Waals surface area (Å²) in [7, 11) is 0. The molecule has 2 amide bonds. The fourth-order valence-electron chi connectivity index (χ4n) is 7.91. The first-order valence-electron chi connectivity index (χ1n) is 16.1. The Morgan fingerprint density at radius 2 is 1.70 bits per heavy atom. The fraction of sp³-hybridized carbons (Fsp3) is 0.727. The van der Waals surface area contributed by atoms with Gasteiger partial charge in [0.25, 0.3) is 5.91 Å². The van der Waals surface area contributed by atoms with Gasteiger partial charge < -0.3 is 30.0 Å². The third-order valence-electron chi connectivity index (χ3n) is 11.1. The summed E-state index contributed by atoms with van der Waals surface area (Å²) in [6, 6.07) is 2.31. The molecule has 4 aliphatic carbocycles. The number of fused-ring (bicyclic) bond motifs is 2. The molecule has 1 aliphatic heterocycles. The van der Waals surface area contributed by atoms with E-state index in [1.807, 2.05) is 0 Å². The van der Waals surface area contributed by atoms with Gasteiger partial charge in [0.05, 0.1) is 36.2 Å². The van der Waals surface area contributed by atoms with Crippen LogP contribution >= 0.6 is 0 Å². The molecule has 0 radical (unpaired) electrons. The third-order valence-corrected chi connectivity index (χ3v) is 11.1. The van der Waals surface area contributed by atoms with Crippen LogP contribution in [0, 0.1) is 34.4 Å². The van der Waals surface area contributed by atoms with Gasteiger partial charge in [-0.1, -0.05) is 13.3 Å². The molecular weight excluding hydrogens is 555 g/mol. The van der Waals surface area contributed by atoms with Crippen LogP contribution in [0.15, 0.2) is 12.1 Å². The normalized spacial score (nSPS) is 34.3. The summed E-state index contributed by atoms with van der Waals surface area (Å²) >= 11 is 0. The van der Waals surface area contributed by atoms with E-state index in [-0.39, 0.29) is 64.4 Å². The van der Waals surface area contributed by atoms with Crippen molar-refractivity contribution >= 4 is 17.8 Å². The Morgan fingerprint density at radius 3 is 2.35 bits per heavy atom. The molecule has 0 aromatic heterocycles. The van der Waals surface area contributed by atoms with Crippen LogP contribution in [0.25, 0.3) is 0 Å². The van der Waals surface area contributed by atoms with Gasteiger partial charge in [-0.05, 0) is 88.0 Å². The van der Waals surface area contributed by atoms with Gasteiger partial charge in [0, 0.05) is 25.1 Å². The monoisotopic (exact) mass is 600 g/mol. The van der Waals surface area contributed by atoms with Crippen LogP contribution in [0.5, 0.6) is 11.5 Å². The average Bonchev–Trinajstić information content (AvgIpc) is 3.72. The Kier molecular flexibility index (Phi) is 8.35. The van der Waals surface area contributed by atoms with Gasteiger partial charge in [0.2, 0.25) is 5.91 Å². The second-order valence-electron chi connectivity index (χ2n) is 14.3. The van der Waals surface area contributed by atoms with E-state index in [2.05, 4.69) is 17.6 Å². The predicted molar refractivity (Wildman–Crippen MR) is 155 cm³/mol. The van der Waals surface area contributed by atoms with Gasteiger partial charge in [0.15, 0.2) is 11.6 Å². The molecule has 1 heterocycles. The predicted octanol–water partition coefficient (Wildman–Crippen LogP) is 4.86. The van der Waals surface area contributed by atoms with Crippen molar-refractivity contribution < 1.29 is 38.1 Å². The Balaban J connectivity index is 1.20. The number of carboxylic acid groups (broad SMARTS) is 1. The molecule has 1 aromatic carbocycles. The Labute approximate surface area is 252 Å². The number of carboxylic acids is 1. The fourth-order valence-corrected chi connectivity index (χ4v) is 7.91. The van der Waals surface area contributed by atoms with Gasteiger partial charge in [0.1, 0.15) is 11.9 Å². The second-order valence-corrected chi connectivity index (χ2v) is 14.3. The van der Waals surface area contributed by atoms with E-state index < -0.39 is 23.1 Å². The van der Waals surface area contributed by atoms with Crippen molar-refractivity contribution in [2.75, 3.05) is 19.8 Å². The minimum Gasteiger partial charge on any atom is -0.487 e. The van der Waals surface area contributed by atoms with Crippen molar-refractivity contribution in [1.29, 1.82) is 0 Å². The second kappa shape index (κ2) is 11.9. The maximum Gasteiger partial charge on any atom is 0.309 e. The minimum atomic E-state index is -0.835. The molecule has 0 spiro atoms. The first-order chi connectivity index (χ1) is 20.5. The van der Waals surface area contributed by atoms with Gasteiger partial charge in [-0.2, -0.15) is 0 Å². The number of hydrogen-bond acceptors (Lipinski definition) is 6. The number of aliphatic carboxylic acids is 1. The standard InChI is InChI=1S/C33H45FN2O7/c1-32(9-3-10-32)18-35-30(38)27-19-4-5-20(14-19)28(27)36-29(37)23-15-26(24(34)16-25(23)43-22-8-13-41-17-22)42-21-6-11-33(2,12-7-21)31(39)40/h15-16,19-22,27-28H,3-14,17-18H2,1-2H3,(H,35,38)(H,36,37)(H,39,40)/t19-,20+,21?,22-,27+,28-,33?/m1/s1. The van der Waals surface area contributed by atoms with E-state index in [0.29, 0.717) is 51.9 Å². The summed E-state index contributed by atoms with van der Waals surface area (Å²) in [6.45, 7) is 5.49. The van der Waals surface area contributed by atoms with Gasteiger partial charge in [-0.15, -0.1) is 0 Å². The molecule has 43 heavy (non-hydrogen) atoms. The summed E-state index contributed by atoms with van der Waals surface area (Å²) in [4.78, 5) is 39.0. The van der Waals surface area contributed by atoms with Crippen LogP contribution in [0.2, 0.25) is 0 Å². The molecular formula is C33H45FN2O7. The van der Waals surface area contributed by atoms with Crippen molar-refractivity contribution in [2.24, 2.45) is 28.6 Å². The maximum atomic E-state index is 15.4. The van der Waals surface area contributed by atoms with Gasteiger partial charge in [-0.3, -0.25) is 14.4 Å². The number of rotatable bonds is 10. The molecule has 5 atom stereocenters. The lowest BCUT2D eigenvalue weighted by Crippen LogP contribution is -2.51. The van der Waals surface area contributed by atoms with Crippen molar-refractivity contribution in [3.8, 4) is 11.5 Å². The smallest absolute Gasteiger partial charge is 0.309 e. The van der Waals surface area contributed by atoms with Gasteiger partial charge in [-0.25, -0.2) is 4.39 Å². The van der Waals surface area contributed by atoms with E-state index in [1.54, 1.807) is 6.92 Å². The van der Waals surface area contributed by atoms with Crippen molar-refractivity contribution in [3.05, 3.63) is 23.5 Å². The molecule has 9 nitrogen and oxygen atoms in total. The lowest BCUT2D eigenvalue weighted by atomic mass is 9.70. The molecule has 1 saturated heterocycles. The highest BCUT2D eigenvalue weighted by atomic mass is 19.1. The lowest BCUT2D eigenvalue weighted by Gasteiger charge is -2.39. The zero-order valence-corrected chi connectivity index (χ0v) is 25.3. The Bertz CT molecular complexity index is 1240. The molecule has 236 valence electrons. The molecule has 6 rings (SSSR count). The molecule has 1 aromatic rings. The highest BCUT2D eigenvalue weighted by Gasteiger charge is 2.52. The highest BCUT2D eigenvalue weighted by Crippen LogP contribution is 2.49. The van der Waals surface area contributed by atoms with Crippen molar-refractivity contribution in [2.45, 2.75) is 103 Å². The van der Waals surface area contributed by atoms with E-state index in [1.165, 1.54) is 18.6 Å². The van der Waals surface area contributed by atoms with Crippen LogP contribution in [0.3, 0.4) is 0 Å². The summed E-state index contributed by atoms with van der Waals surface area (Å²) in [5.41, 5.74) is -0.487. The quantitative estimate of drug-likeness (QED) is 0.351. The number of nitrogens with one attached hydrogen (secondary N) is 2. The summed E-state index contributed by atoms with van der Waals surface area (Å²) in [5, 5.41) is 15.9. The van der Waals surface area contributed by atoms with Crippen LogP contribution in [-0.2, 0) is 14.3 Å². The number of benzene rings is 1. The number of carbonyl (C=O) groups is 3. The SMILES string of the molecule is CC1(CNC(=O)[C@H]2[C@@H]3CC[C@@H](C3)[C@H]2NC(=O)c2cc(OC3CCC(C)(C(=O)O)CC3)c(F)cc2O[C@@H]2CCOC2)CCC1. The lowest BCUT2D eigenvalue weighted by molar-refractivity contribution is -0.150. The average molecular weight is 601 g/mol. The number of hydrogen-bond donors (Lipinski definition) is 3. The summed E-state index contributed by atoms with van der Waals surface area (Å²) < 4.78 is 32.9. The van der Waals surface area contributed by atoms with Crippen LogP contribution < -0.4 is 20.1 Å². The molecule has 3 N–H and O–H groups in total. The van der Waals surface area contributed by atoms with E-state index in [4.69, 9.17) is 14.2 Å². The first-order valence-corrected chi connectivity index (χ1v) is 16.1. The third kappa shape index (κ3) is 6.22. The van der Waals surface area contributed by atoms with Crippen LogP contribution in [0.4, 0.5) is 4.39 Å². The van der Waals surface area contributed by atoms with Crippen LogP contribution in [0.1, 0.15) is 94.8 Å². The topological polar surface area (TPSA) is 123 Å². The largest absolute Gasteiger partial charge is 0.487 e. The zero-order valence-electron chi connectivity index (χ0n) is 25.3. The number of amides is 2. The number of ether oxygens (including phenoxy) is 3. The highest BCUT2D eigenvalue weighted by molar-refractivity contribution is 5.98. The zero-order chi connectivity index (χ0) is 30.4. The Hall–Kier alpha value is -2.88. The van der Waals surface area contributed by atoms with E-state index >= 15 is 4.39 Å². The molecule has 5 aliphatic rings. The minimum absolute atomic E-state index is 0.0130. The van der Waals surface area contributed by atoms with Crippen molar-refractivity contribution in [1.82, 2.24) is 10.6 Å². The number of carbonyl (C=O) groups excluding carboxylic acids is 2. The maximum absolute atomic E-state index is 15.4.